The van der Waals surface area contributed by atoms with Crippen LogP contribution in [-0.4, -0.2) is 82.6 Å². The number of carbonyl (C=O) groups excluding carboxylic acids is 4. The van der Waals surface area contributed by atoms with Gasteiger partial charge >= 0.3 is 5.97 Å². The van der Waals surface area contributed by atoms with E-state index in [1.807, 2.05) is 0 Å². The van der Waals surface area contributed by atoms with Crippen LogP contribution in [0.15, 0.2) is 0 Å². The summed E-state index contributed by atoms with van der Waals surface area (Å²) in [6.07, 6.45) is 1.59. The van der Waals surface area contributed by atoms with Crippen LogP contribution in [0, 0.1) is 0 Å². The van der Waals surface area contributed by atoms with Gasteiger partial charge in [0.1, 0.15) is 18.1 Å². The second kappa shape index (κ2) is 12.9. The highest BCUT2D eigenvalue weighted by Gasteiger charge is 2.28. The molecule has 28 heavy (non-hydrogen) atoms. The number of aliphatic hydroxyl groups excluding tert-OH is 1. The van der Waals surface area contributed by atoms with Crippen LogP contribution in [0.3, 0.4) is 0 Å². The van der Waals surface area contributed by atoms with Crippen molar-refractivity contribution in [3.05, 3.63) is 0 Å². The quantitative estimate of drug-likeness (QED) is 0.157. The van der Waals surface area contributed by atoms with Crippen molar-refractivity contribution in [2.75, 3.05) is 18.6 Å². The van der Waals surface area contributed by atoms with Crippen LogP contribution in [0.25, 0.3) is 0 Å². The first kappa shape index (κ1) is 25.6. The van der Waals surface area contributed by atoms with E-state index in [1.165, 1.54) is 18.7 Å². The summed E-state index contributed by atoms with van der Waals surface area (Å²) in [7, 11) is 0. The van der Waals surface area contributed by atoms with Gasteiger partial charge in [0.2, 0.25) is 23.6 Å². The molecule has 4 atom stereocenters. The number of nitrogens with two attached hydrogens (primary N) is 2. The summed E-state index contributed by atoms with van der Waals surface area (Å²) in [5.74, 6) is -3.97. The number of hydrogen-bond acceptors (Lipinski definition) is 8. The zero-order valence-electron chi connectivity index (χ0n) is 15.6. The molecule has 0 aliphatic rings. The van der Waals surface area contributed by atoms with Gasteiger partial charge in [0.15, 0.2) is 0 Å². The maximum absolute atomic E-state index is 12.3. The number of rotatable bonds is 13. The minimum atomic E-state index is -1.51. The van der Waals surface area contributed by atoms with Gasteiger partial charge in [-0.05, 0) is 25.4 Å². The van der Waals surface area contributed by atoms with E-state index in [0.29, 0.717) is 5.75 Å². The van der Waals surface area contributed by atoms with E-state index in [9.17, 15) is 24.0 Å². The summed E-state index contributed by atoms with van der Waals surface area (Å²) < 4.78 is 0. The fourth-order valence-electron chi connectivity index (χ4n) is 1.95. The highest BCUT2D eigenvalue weighted by Crippen LogP contribution is 2.03. The van der Waals surface area contributed by atoms with Crippen LogP contribution in [0.1, 0.15) is 19.8 Å². The molecule has 0 aromatic heterocycles. The molecule has 0 aliphatic carbocycles. The molecule has 0 heterocycles. The second-order valence-corrected chi connectivity index (χ2v) is 6.92. The third-order valence-electron chi connectivity index (χ3n) is 3.55. The number of hydrogen-bond donors (Lipinski definition) is 7. The molecule has 0 rings (SSSR count). The lowest BCUT2D eigenvalue weighted by Crippen LogP contribution is -2.57. The summed E-state index contributed by atoms with van der Waals surface area (Å²) in [4.78, 5) is 58.1. The second-order valence-electron chi connectivity index (χ2n) is 5.93. The fraction of sp³-hybridized carbons (Fsp3) is 0.667. The van der Waals surface area contributed by atoms with E-state index in [2.05, 4.69) is 16.0 Å². The van der Waals surface area contributed by atoms with Gasteiger partial charge in [0.05, 0.1) is 19.1 Å². The number of nitrogens with one attached hydrogen (secondary N) is 3. The molecule has 0 aliphatic heterocycles. The van der Waals surface area contributed by atoms with Crippen LogP contribution in [0.5, 0.6) is 0 Å². The largest absolute Gasteiger partial charge is 0.480 e. The number of thioether (sulfide) groups is 1. The van der Waals surface area contributed by atoms with E-state index >= 15 is 0 Å². The Labute approximate surface area is 166 Å². The van der Waals surface area contributed by atoms with Gasteiger partial charge in [-0.3, -0.25) is 19.2 Å². The molecule has 0 radical (unpaired) electrons. The van der Waals surface area contributed by atoms with Crippen LogP contribution in [-0.2, 0) is 24.0 Å². The number of carbonyl (C=O) groups is 5. The maximum atomic E-state index is 12.3. The van der Waals surface area contributed by atoms with Crippen molar-refractivity contribution >= 4 is 41.4 Å². The van der Waals surface area contributed by atoms with Crippen molar-refractivity contribution in [3.63, 3.8) is 0 Å². The van der Waals surface area contributed by atoms with Gasteiger partial charge in [-0.2, -0.15) is 11.8 Å². The zero-order chi connectivity index (χ0) is 21.9. The smallest absolute Gasteiger partial charge is 0.328 e. The molecule has 0 fully saturated rings. The lowest BCUT2D eigenvalue weighted by molar-refractivity contribution is -0.143. The molecule has 0 spiro atoms. The number of aliphatic carboxylic acids is 1. The van der Waals surface area contributed by atoms with Crippen LogP contribution in [0.4, 0.5) is 0 Å². The Bertz CT molecular complexity index is 589. The number of amides is 4. The molecule has 0 bridgehead atoms. The molecule has 9 N–H and O–H groups in total. The predicted molar refractivity (Wildman–Crippen MR) is 101 cm³/mol. The van der Waals surface area contributed by atoms with Crippen LogP contribution >= 0.6 is 11.8 Å². The van der Waals surface area contributed by atoms with Gasteiger partial charge in [-0.15, -0.1) is 0 Å². The first-order valence-corrected chi connectivity index (χ1v) is 9.70. The minimum Gasteiger partial charge on any atom is -0.480 e. The van der Waals surface area contributed by atoms with Crippen LogP contribution < -0.4 is 27.4 Å². The summed E-state index contributed by atoms with van der Waals surface area (Å²) >= 11 is 1.41. The molecule has 12 nitrogen and oxygen atoms in total. The van der Waals surface area contributed by atoms with Crippen molar-refractivity contribution in [1.82, 2.24) is 16.0 Å². The van der Waals surface area contributed by atoms with E-state index < -0.39 is 66.8 Å². The lowest BCUT2D eigenvalue weighted by atomic mass is 10.1. The molecule has 0 saturated heterocycles. The third-order valence-corrected chi connectivity index (χ3v) is 4.19. The standard InChI is InChI=1S/C15H27N5O7S/c1-7(18-13(24)8(16)5-11(17)22)12(23)19-9(3-4-28-2)14(25)20-10(6-21)15(26)27/h7-10,21H,3-6,16H2,1-2H3,(H2,17,22)(H,18,24)(H,19,23)(H,20,25)(H,26,27). The normalized spacial score (nSPS) is 14.9. The average molecular weight is 421 g/mol. The monoisotopic (exact) mass is 421 g/mol. The minimum absolute atomic E-state index is 0.193. The summed E-state index contributed by atoms with van der Waals surface area (Å²) in [5.41, 5.74) is 10.4. The van der Waals surface area contributed by atoms with Gasteiger partial charge in [-0.25, -0.2) is 4.79 Å². The Kier molecular flexibility index (Phi) is 11.8. The Morgan fingerprint density at radius 1 is 1.00 bits per heavy atom. The lowest BCUT2D eigenvalue weighted by Gasteiger charge is -2.23. The Morgan fingerprint density at radius 2 is 1.57 bits per heavy atom. The van der Waals surface area contributed by atoms with E-state index in [-0.39, 0.29) is 6.42 Å². The summed E-state index contributed by atoms with van der Waals surface area (Å²) in [6.45, 7) is 0.538. The van der Waals surface area contributed by atoms with Crippen molar-refractivity contribution in [3.8, 4) is 0 Å². The molecular weight excluding hydrogens is 394 g/mol. The first-order chi connectivity index (χ1) is 13.0. The third kappa shape index (κ3) is 9.53. The molecule has 0 aromatic rings. The number of carboxylic acids is 1. The van der Waals surface area contributed by atoms with Gasteiger partial charge in [0, 0.05) is 0 Å². The van der Waals surface area contributed by atoms with Gasteiger partial charge < -0.3 is 37.6 Å². The van der Waals surface area contributed by atoms with E-state index in [4.69, 9.17) is 21.7 Å². The Morgan fingerprint density at radius 3 is 2.04 bits per heavy atom. The molecular formula is C15H27N5O7S. The first-order valence-electron chi connectivity index (χ1n) is 8.31. The molecule has 4 unspecified atom stereocenters. The van der Waals surface area contributed by atoms with Gasteiger partial charge in [-0.1, -0.05) is 0 Å². The predicted octanol–water partition coefficient (Wildman–Crippen LogP) is -3.51. The van der Waals surface area contributed by atoms with Crippen molar-refractivity contribution in [1.29, 1.82) is 0 Å². The molecule has 160 valence electrons. The van der Waals surface area contributed by atoms with Crippen LogP contribution in [0.2, 0.25) is 0 Å². The Balaban J connectivity index is 4.94. The van der Waals surface area contributed by atoms with Crippen molar-refractivity contribution in [2.24, 2.45) is 11.5 Å². The fourth-order valence-corrected chi connectivity index (χ4v) is 2.43. The molecule has 0 aromatic carbocycles. The number of carboxylic acid groups (broad SMARTS) is 1. The summed E-state index contributed by atoms with van der Waals surface area (Å²) in [6, 6.07) is -4.88. The highest BCUT2D eigenvalue weighted by atomic mass is 32.2. The van der Waals surface area contributed by atoms with E-state index in [1.54, 1.807) is 6.26 Å². The SMILES string of the molecule is CSCCC(NC(=O)C(C)NC(=O)C(N)CC(N)=O)C(=O)NC(CO)C(=O)O. The molecule has 4 amide bonds. The van der Waals surface area contributed by atoms with Crippen molar-refractivity contribution < 1.29 is 34.2 Å². The van der Waals surface area contributed by atoms with Gasteiger partial charge in [0.25, 0.3) is 0 Å². The molecule has 0 saturated carbocycles. The van der Waals surface area contributed by atoms with E-state index in [0.717, 1.165) is 0 Å². The Hall–Kier alpha value is -2.38. The highest BCUT2D eigenvalue weighted by molar-refractivity contribution is 7.98. The number of primary amides is 1. The number of aliphatic hydroxyl groups is 1. The molecule has 13 heteroatoms. The van der Waals surface area contributed by atoms with Crippen molar-refractivity contribution in [2.45, 2.75) is 43.9 Å². The topological polar surface area (TPSA) is 214 Å². The summed E-state index contributed by atoms with van der Waals surface area (Å²) in [5, 5.41) is 24.8. The maximum Gasteiger partial charge on any atom is 0.328 e. The average Bonchev–Trinajstić information content (AvgIpc) is 2.61. The zero-order valence-corrected chi connectivity index (χ0v) is 16.5.